The third-order valence-corrected chi connectivity index (χ3v) is 7.41. The number of hydrogen-bond donors (Lipinski definition) is 3. The van der Waals surface area contributed by atoms with Crippen molar-refractivity contribution in [1.82, 2.24) is 19.5 Å². The molecule has 5 atom stereocenters. The van der Waals surface area contributed by atoms with E-state index in [4.69, 9.17) is 52.2 Å². The molecule has 28 heavy (non-hydrogen) atoms. The highest BCUT2D eigenvalue weighted by Crippen LogP contribution is 2.49. The van der Waals surface area contributed by atoms with Crippen LogP contribution in [0.25, 0.3) is 11.2 Å². The SMILES string of the molecule is COP(O)(=S)OCC1OC(n2cnc3c(N)ncnc32)CC1OP(O)(=S)OC. The Labute approximate surface area is 170 Å². The lowest BCUT2D eigenvalue weighted by Gasteiger charge is -2.23. The van der Waals surface area contributed by atoms with Crippen LogP contribution in [-0.4, -0.2) is 62.3 Å². The van der Waals surface area contributed by atoms with Crippen molar-refractivity contribution in [3.63, 3.8) is 0 Å². The van der Waals surface area contributed by atoms with Gasteiger partial charge in [0.1, 0.15) is 24.2 Å². The van der Waals surface area contributed by atoms with E-state index in [-0.39, 0.29) is 18.8 Å². The molecule has 5 unspecified atom stereocenters. The van der Waals surface area contributed by atoms with E-state index in [1.165, 1.54) is 26.9 Å². The van der Waals surface area contributed by atoms with E-state index in [1.807, 2.05) is 0 Å². The average Bonchev–Trinajstić information content (AvgIpc) is 3.24. The van der Waals surface area contributed by atoms with E-state index >= 15 is 0 Å². The van der Waals surface area contributed by atoms with Crippen LogP contribution in [0.1, 0.15) is 12.6 Å². The van der Waals surface area contributed by atoms with Gasteiger partial charge in [0.15, 0.2) is 11.5 Å². The van der Waals surface area contributed by atoms with Gasteiger partial charge in [-0.2, -0.15) is 0 Å². The largest absolute Gasteiger partial charge is 0.382 e. The highest BCUT2D eigenvalue weighted by Gasteiger charge is 2.41. The number of anilines is 1. The summed E-state index contributed by atoms with van der Waals surface area (Å²) < 4.78 is 28.0. The summed E-state index contributed by atoms with van der Waals surface area (Å²) in [6.07, 6.45) is 1.09. The molecule has 0 aliphatic carbocycles. The zero-order valence-electron chi connectivity index (χ0n) is 14.8. The molecule has 0 saturated carbocycles. The summed E-state index contributed by atoms with van der Waals surface area (Å²) in [5.41, 5.74) is 6.71. The molecular weight excluding hydrogens is 452 g/mol. The summed E-state index contributed by atoms with van der Waals surface area (Å²) in [4.78, 5) is 32.2. The first kappa shape index (κ1) is 22.1. The number of imidazole rings is 1. The predicted octanol–water partition coefficient (Wildman–Crippen LogP) is 0.824. The lowest BCUT2D eigenvalue weighted by atomic mass is 10.2. The molecule has 16 heteroatoms. The minimum atomic E-state index is -3.47. The Hall–Kier alpha value is -0.630. The zero-order chi connectivity index (χ0) is 20.5. The van der Waals surface area contributed by atoms with Gasteiger partial charge in [-0.15, -0.1) is 0 Å². The molecule has 1 aliphatic rings. The normalized spacial score (nSPS) is 26.9. The Balaban J connectivity index is 1.84. The van der Waals surface area contributed by atoms with Crippen LogP contribution in [0.5, 0.6) is 0 Å². The van der Waals surface area contributed by atoms with Gasteiger partial charge in [-0.3, -0.25) is 4.57 Å². The second-order valence-electron chi connectivity index (χ2n) is 5.69. The molecule has 2 aromatic heterocycles. The molecule has 3 heterocycles. The van der Waals surface area contributed by atoms with Gasteiger partial charge in [0.25, 0.3) is 0 Å². The minimum absolute atomic E-state index is 0.147. The Bertz CT molecular complexity index is 946. The molecule has 156 valence electrons. The van der Waals surface area contributed by atoms with E-state index in [1.54, 1.807) is 4.57 Å². The predicted molar refractivity (Wildman–Crippen MR) is 106 cm³/mol. The summed E-state index contributed by atoms with van der Waals surface area (Å²) in [6, 6.07) is 0. The summed E-state index contributed by atoms with van der Waals surface area (Å²) in [5, 5.41) is 0. The molecule has 1 aliphatic heterocycles. The fraction of sp³-hybridized carbons (Fsp3) is 0.583. The smallest absolute Gasteiger partial charge is 0.324 e. The van der Waals surface area contributed by atoms with Gasteiger partial charge in [0.2, 0.25) is 0 Å². The first-order valence-electron chi connectivity index (χ1n) is 7.84. The van der Waals surface area contributed by atoms with Crippen LogP contribution in [-0.2, 0) is 46.4 Å². The molecule has 0 radical (unpaired) electrons. The van der Waals surface area contributed by atoms with Crippen LogP contribution >= 0.6 is 13.4 Å². The third-order valence-electron chi connectivity index (χ3n) is 4.01. The van der Waals surface area contributed by atoms with Crippen molar-refractivity contribution in [2.45, 2.75) is 24.9 Å². The number of ether oxygens (including phenoxy) is 1. The number of nitrogens with two attached hydrogens (primary N) is 1. The highest BCUT2D eigenvalue weighted by atomic mass is 32.5. The molecule has 0 spiro atoms. The first-order chi connectivity index (χ1) is 13.2. The standard InChI is InChI=1S/C12H19N5O7P2S2/c1-20-25(18,27)22-4-8-7(24-26(19,28)21-2)3-9(23-8)17-6-16-10-11(13)14-5-15-12(10)17/h5-9H,3-4H2,1-2H3,(H,18,27)(H,19,28)(H2,13,14,15). The van der Waals surface area contributed by atoms with E-state index in [9.17, 15) is 9.79 Å². The second-order valence-corrected chi connectivity index (χ2v) is 11.5. The molecule has 3 rings (SSSR count). The van der Waals surface area contributed by atoms with E-state index < -0.39 is 31.9 Å². The van der Waals surface area contributed by atoms with Crippen LogP contribution in [0.4, 0.5) is 5.82 Å². The lowest BCUT2D eigenvalue weighted by molar-refractivity contribution is -0.0383. The number of nitrogen functional groups attached to an aromatic ring is 1. The van der Waals surface area contributed by atoms with Gasteiger partial charge in [0.05, 0.1) is 19.0 Å². The number of hydrogen-bond acceptors (Lipinski definition) is 11. The van der Waals surface area contributed by atoms with Crippen molar-refractivity contribution in [2.24, 2.45) is 0 Å². The Morgan fingerprint density at radius 1 is 1.25 bits per heavy atom. The van der Waals surface area contributed by atoms with Crippen molar-refractivity contribution in [1.29, 1.82) is 0 Å². The van der Waals surface area contributed by atoms with Crippen molar-refractivity contribution in [2.75, 3.05) is 26.6 Å². The van der Waals surface area contributed by atoms with Gasteiger partial charge < -0.3 is 38.4 Å². The maximum Gasteiger partial charge on any atom is 0.324 e. The van der Waals surface area contributed by atoms with Crippen molar-refractivity contribution in [3.05, 3.63) is 12.7 Å². The Morgan fingerprint density at radius 3 is 2.64 bits per heavy atom. The van der Waals surface area contributed by atoms with Crippen LogP contribution in [0.3, 0.4) is 0 Å². The van der Waals surface area contributed by atoms with Crippen LogP contribution < -0.4 is 5.73 Å². The van der Waals surface area contributed by atoms with Crippen molar-refractivity contribution < 1.29 is 32.6 Å². The third kappa shape index (κ3) is 4.91. The average molecular weight is 471 g/mol. The quantitative estimate of drug-likeness (QED) is 0.466. The summed E-state index contributed by atoms with van der Waals surface area (Å²) in [5.74, 6) is 0.237. The summed E-state index contributed by atoms with van der Waals surface area (Å²) in [7, 11) is 2.49. The zero-order valence-corrected chi connectivity index (χ0v) is 18.2. The van der Waals surface area contributed by atoms with Crippen LogP contribution in [0.15, 0.2) is 12.7 Å². The molecular formula is C12H19N5O7P2S2. The van der Waals surface area contributed by atoms with Gasteiger partial charge in [-0.1, -0.05) is 0 Å². The highest BCUT2D eigenvalue weighted by molar-refractivity contribution is 8.07. The second kappa shape index (κ2) is 8.62. The molecule has 4 N–H and O–H groups in total. The maximum absolute atomic E-state index is 10.0. The minimum Gasteiger partial charge on any atom is -0.382 e. The fourth-order valence-electron chi connectivity index (χ4n) is 2.65. The molecule has 1 fully saturated rings. The molecule has 2 aromatic rings. The van der Waals surface area contributed by atoms with E-state index in [2.05, 4.69) is 15.0 Å². The van der Waals surface area contributed by atoms with Crippen LogP contribution in [0.2, 0.25) is 0 Å². The number of rotatable bonds is 8. The topological polar surface area (TPSA) is 156 Å². The molecule has 0 aromatic carbocycles. The summed E-state index contributed by atoms with van der Waals surface area (Å²) >= 11 is 9.76. The van der Waals surface area contributed by atoms with Gasteiger partial charge in [-0.05, 0) is 23.6 Å². The Kier molecular flexibility index (Phi) is 6.79. The molecule has 0 amide bonds. The summed E-state index contributed by atoms with van der Waals surface area (Å²) in [6.45, 7) is -7.03. The molecule has 12 nitrogen and oxygen atoms in total. The lowest BCUT2D eigenvalue weighted by Crippen LogP contribution is -2.28. The van der Waals surface area contributed by atoms with Crippen molar-refractivity contribution in [3.8, 4) is 0 Å². The van der Waals surface area contributed by atoms with E-state index in [0.29, 0.717) is 11.2 Å². The molecule has 1 saturated heterocycles. The monoisotopic (exact) mass is 471 g/mol. The van der Waals surface area contributed by atoms with E-state index in [0.717, 1.165) is 0 Å². The first-order valence-corrected chi connectivity index (χ1v) is 13.0. The fourth-order valence-corrected chi connectivity index (χ4v) is 4.25. The maximum atomic E-state index is 10.0. The molecule has 0 bridgehead atoms. The van der Waals surface area contributed by atoms with Crippen LogP contribution in [0, 0.1) is 0 Å². The van der Waals surface area contributed by atoms with Gasteiger partial charge in [0, 0.05) is 20.6 Å². The van der Waals surface area contributed by atoms with Gasteiger partial charge >= 0.3 is 13.4 Å². The number of aromatic nitrogens is 4. The Morgan fingerprint density at radius 2 is 1.96 bits per heavy atom. The van der Waals surface area contributed by atoms with Gasteiger partial charge in [-0.25, -0.2) is 15.0 Å². The van der Waals surface area contributed by atoms with Crippen molar-refractivity contribution >= 4 is 54.0 Å². The number of fused-ring (bicyclic) bond motifs is 1. The number of nitrogens with zero attached hydrogens (tertiary/aromatic N) is 4.